The molecule has 2 atom stereocenters. The SMILES string of the molecule is CNC(=O)c1cc2c(Oc3ccc(NC(=O)C4(C(N)=O)CC4c4ccc(F)cc4)cc3)ccnc2cc1OC. The first-order valence-corrected chi connectivity index (χ1v) is 12.1. The second kappa shape index (κ2) is 10.1. The molecule has 198 valence electrons. The van der Waals surface area contributed by atoms with Crippen LogP contribution >= 0.6 is 0 Å². The molecule has 1 aliphatic carbocycles. The number of nitrogens with zero attached hydrogens (tertiary/aromatic N) is 1. The van der Waals surface area contributed by atoms with E-state index in [0.717, 1.165) is 0 Å². The zero-order valence-corrected chi connectivity index (χ0v) is 21.2. The van der Waals surface area contributed by atoms with Crippen LogP contribution in [0.25, 0.3) is 10.9 Å². The van der Waals surface area contributed by atoms with Crippen LogP contribution in [0, 0.1) is 11.2 Å². The number of carbonyl (C=O) groups is 3. The minimum Gasteiger partial charge on any atom is -0.496 e. The number of nitrogens with one attached hydrogen (secondary N) is 2. The highest BCUT2D eigenvalue weighted by atomic mass is 19.1. The standard InChI is InChI=1S/C29H25FN4O5/c1-32-26(35)21-13-20-23(14-25(21)38-2)33-12-11-24(20)39-19-9-7-18(8-10-19)34-28(37)29(27(31)36)15-22(29)16-3-5-17(30)6-4-16/h3-14,22H,15H2,1-2H3,(H2,31,36)(H,32,35)(H,34,37). The quantitative estimate of drug-likeness (QED) is 0.295. The second-order valence-electron chi connectivity index (χ2n) is 9.18. The molecule has 0 spiro atoms. The number of primary amides is 1. The van der Waals surface area contributed by atoms with Crippen LogP contribution < -0.4 is 25.8 Å². The van der Waals surface area contributed by atoms with Gasteiger partial charge in [0.1, 0.15) is 28.5 Å². The number of rotatable bonds is 8. The first-order chi connectivity index (χ1) is 18.8. The molecular weight excluding hydrogens is 503 g/mol. The zero-order valence-electron chi connectivity index (χ0n) is 21.2. The summed E-state index contributed by atoms with van der Waals surface area (Å²) in [7, 11) is 3.01. The highest BCUT2D eigenvalue weighted by Crippen LogP contribution is 2.59. The Balaban J connectivity index is 1.34. The molecule has 0 radical (unpaired) electrons. The fraction of sp³-hybridized carbons (Fsp3) is 0.172. The van der Waals surface area contributed by atoms with Crippen LogP contribution in [0.15, 0.2) is 72.9 Å². The Kier molecular flexibility index (Phi) is 6.61. The van der Waals surface area contributed by atoms with Gasteiger partial charge in [0.05, 0.1) is 18.2 Å². The molecule has 0 saturated heterocycles. The number of methoxy groups -OCH3 is 1. The summed E-state index contributed by atoms with van der Waals surface area (Å²) in [4.78, 5) is 42.1. The van der Waals surface area contributed by atoms with Crippen molar-refractivity contribution in [2.45, 2.75) is 12.3 Å². The summed E-state index contributed by atoms with van der Waals surface area (Å²) >= 11 is 0. The van der Waals surface area contributed by atoms with Crippen LogP contribution in [0.5, 0.6) is 17.2 Å². The van der Waals surface area contributed by atoms with Gasteiger partial charge in [-0.3, -0.25) is 19.4 Å². The van der Waals surface area contributed by atoms with Gasteiger partial charge in [0.15, 0.2) is 0 Å². The van der Waals surface area contributed by atoms with E-state index in [9.17, 15) is 18.8 Å². The number of amides is 3. The maximum atomic E-state index is 13.3. The number of nitrogens with two attached hydrogens (primary N) is 1. The van der Waals surface area contributed by atoms with Crippen molar-refractivity contribution in [3.63, 3.8) is 0 Å². The molecule has 1 heterocycles. The summed E-state index contributed by atoms with van der Waals surface area (Å²) in [6, 6.07) is 17.3. The molecule has 0 bridgehead atoms. The Morgan fingerprint density at radius 2 is 1.74 bits per heavy atom. The number of ether oxygens (including phenoxy) is 2. The van der Waals surface area contributed by atoms with Gasteiger partial charge in [0.2, 0.25) is 11.8 Å². The van der Waals surface area contributed by atoms with E-state index in [-0.39, 0.29) is 12.3 Å². The molecular formula is C29H25FN4O5. The number of hydrogen-bond donors (Lipinski definition) is 3. The van der Waals surface area contributed by atoms with Crippen molar-refractivity contribution in [1.29, 1.82) is 0 Å². The molecule has 1 aromatic heterocycles. The van der Waals surface area contributed by atoms with Crippen LogP contribution in [0.2, 0.25) is 0 Å². The summed E-state index contributed by atoms with van der Waals surface area (Å²) in [6.07, 6.45) is 1.83. The minimum atomic E-state index is -1.40. The lowest BCUT2D eigenvalue weighted by atomic mass is 9.97. The first kappa shape index (κ1) is 25.7. The second-order valence-corrected chi connectivity index (χ2v) is 9.18. The molecule has 5 rings (SSSR count). The molecule has 1 aliphatic rings. The Hall–Kier alpha value is -4.99. The molecule has 1 fully saturated rings. The lowest BCUT2D eigenvalue weighted by Crippen LogP contribution is -2.37. The van der Waals surface area contributed by atoms with E-state index in [1.54, 1.807) is 60.8 Å². The van der Waals surface area contributed by atoms with E-state index >= 15 is 0 Å². The number of pyridine rings is 1. The molecule has 3 amide bonds. The third-order valence-electron chi connectivity index (χ3n) is 6.91. The van der Waals surface area contributed by atoms with Crippen LogP contribution in [0.4, 0.5) is 10.1 Å². The molecule has 3 aromatic carbocycles. The molecule has 0 aliphatic heterocycles. The van der Waals surface area contributed by atoms with Gasteiger partial charge in [-0.1, -0.05) is 12.1 Å². The van der Waals surface area contributed by atoms with Gasteiger partial charge in [-0.15, -0.1) is 0 Å². The molecule has 9 nitrogen and oxygen atoms in total. The predicted molar refractivity (Wildman–Crippen MR) is 142 cm³/mol. The first-order valence-electron chi connectivity index (χ1n) is 12.1. The van der Waals surface area contributed by atoms with Gasteiger partial charge >= 0.3 is 0 Å². The van der Waals surface area contributed by atoms with E-state index in [1.807, 2.05) is 0 Å². The highest BCUT2D eigenvalue weighted by Gasteiger charge is 2.65. The predicted octanol–water partition coefficient (Wildman–Crippen LogP) is 4.13. The number of benzene rings is 3. The van der Waals surface area contributed by atoms with Crippen LogP contribution in [0.1, 0.15) is 28.3 Å². The topological polar surface area (TPSA) is 133 Å². The van der Waals surface area contributed by atoms with Crippen LogP contribution in [-0.2, 0) is 9.59 Å². The van der Waals surface area contributed by atoms with E-state index in [0.29, 0.717) is 45.0 Å². The maximum absolute atomic E-state index is 13.3. The largest absolute Gasteiger partial charge is 0.496 e. The minimum absolute atomic E-state index is 0.249. The van der Waals surface area contributed by atoms with Crippen molar-refractivity contribution in [3.05, 3.63) is 89.9 Å². The number of carbonyl (C=O) groups excluding carboxylic acids is 3. The van der Waals surface area contributed by atoms with E-state index in [1.165, 1.54) is 26.3 Å². The summed E-state index contributed by atoms with van der Waals surface area (Å²) < 4.78 is 24.7. The monoisotopic (exact) mass is 528 g/mol. The van der Waals surface area contributed by atoms with Crippen molar-refractivity contribution in [1.82, 2.24) is 10.3 Å². The fourth-order valence-electron chi connectivity index (χ4n) is 4.69. The summed E-state index contributed by atoms with van der Waals surface area (Å²) in [5.74, 6) is -1.05. The number of fused-ring (bicyclic) bond motifs is 1. The van der Waals surface area contributed by atoms with Crippen molar-refractivity contribution >= 4 is 34.3 Å². The molecule has 39 heavy (non-hydrogen) atoms. The highest BCUT2D eigenvalue weighted by molar-refractivity contribution is 6.14. The van der Waals surface area contributed by atoms with Gasteiger partial charge in [0, 0.05) is 36.3 Å². The third kappa shape index (κ3) is 4.72. The summed E-state index contributed by atoms with van der Waals surface area (Å²) in [5, 5.41) is 5.96. The van der Waals surface area contributed by atoms with Gasteiger partial charge < -0.3 is 25.8 Å². The third-order valence-corrected chi connectivity index (χ3v) is 6.91. The Morgan fingerprint density at radius 1 is 1.03 bits per heavy atom. The lowest BCUT2D eigenvalue weighted by molar-refractivity contribution is -0.132. The summed E-state index contributed by atoms with van der Waals surface area (Å²) in [5.41, 5.74) is 6.27. The average molecular weight is 529 g/mol. The smallest absolute Gasteiger partial charge is 0.254 e. The molecule has 4 aromatic rings. The zero-order chi connectivity index (χ0) is 27.7. The van der Waals surface area contributed by atoms with Crippen LogP contribution in [0.3, 0.4) is 0 Å². The van der Waals surface area contributed by atoms with E-state index in [4.69, 9.17) is 15.2 Å². The van der Waals surface area contributed by atoms with Crippen molar-refractivity contribution < 1.29 is 28.2 Å². The number of hydrogen-bond acceptors (Lipinski definition) is 6. The summed E-state index contributed by atoms with van der Waals surface area (Å²) in [6.45, 7) is 0. The maximum Gasteiger partial charge on any atom is 0.254 e. The number of halogens is 1. The average Bonchev–Trinajstić information content (AvgIpc) is 3.71. The van der Waals surface area contributed by atoms with Gasteiger partial charge in [-0.25, -0.2) is 4.39 Å². The Morgan fingerprint density at radius 3 is 2.38 bits per heavy atom. The lowest BCUT2D eigenvalue weighted by Gasteiger charge is -2.15. The molecule has 4 N–H and O–H groups in total. The molecule has 2 unspecified atom stereocenters. The van der Waals surface area contributed by atoms with Crippen LogP contribution in [-0.4, -0.2) is 36.9 Å². The van der Waals surface area contributed by atoms with E-state index < -0.39 is 29.0 Å². The van der Waals surface area contributed by atoms with Gasteiger partial charge in [-0.2, -0.15) is 0 Å². The number of anilines is 1. The van der Waals surface area contributed by atoms with Crippen molar-refractivity contribution in [2.75, 3.05) is 19.5 Å². The Labute approximate surface area is 223 Å². The van der Waals surface area contributed by atoms with Crippen molar-refractivity contribution in [2.24, 2.45) is 11.1 Å². The Bertz CT molecular complexity index is 1590. The number of aromatic nitrogens is 1. The van der Waals surface area contributed by atoms with Gasteiger partial charge in [-0.05, 0) is 60.5 Å². The fourth-order valence-corrected chi connectivity index (χ4v) is 4.69. The molecule has 10 heteroatoms. The normalized spacial score (nSPS) is 17.8. The van der Waals surface area contributed by atoms with Gasteiger partial charge in [0.25, 0.3) is 5.91 Å². The molecule has 1 saturated carbocycles. The van der Waals surface area contributed by atoms with Crippen molar-refractivity contribution in [3.8, 4) is 17.2 Å². The van der Waals surface area contributed by atoms with E-state index in [2.05, 4.69) is 15.6 Å².